The number of nitriles is 1. The van der Waals surface area contributed by atoms with E-state index < -0.39 is 5.97 Å². The molecule has 0 saturated heterocycles. The second kappa shape index (κ2) is 4.72. The van der Waals surface area contributed by atoms with Gasteiger partial charge in [0, 0.05) is 5.70 Å². The van der Waals surface area contributed by atoms with E-state index in [-0.39, 0.29) is 12.2 Å². The van der Waals surface area contributed by atoms with Crippen LogP contribution in [0.3, 0.4) is 0 Å². The Morgan fingerprint density at radius 2 is 2.50 bits per heavy atom. The van der Waals surface area contributed by atoms with Crippen LogP contribution in [0.15, 0.2) is 21.7 Å². The highest BCUT2D eigenvalue weighted by Gasteiger charge is 2.19. The Labute approximate surface area is 86.6 Å². The summed E-state index contributed by atoms with van der Waals surface area (Å²) in [6.07, 6.45) is 0. The molecule has 0 unspecified atom stereocenters. The van der Waals surface area contributed by atoms with E-state index in [1.54, 1.807) is 6.92 Å². The summed E-state index contributed by atoms with van der Waals surface area (Å²) in [5.41, 5.74) is 0.951. The van der Waals surface area contributed by atoms with E-state index in [4.69, 9.17) is 10.00 Å². The molecule has 0 atom stereocenters. The molecule has 1 aliphatic rings. The molecule has 0 bridgehead atoms. The van der Waals surface area contributed by atoms with Gasteiger partial charge in [-0.25, -0.2) is 4.79 Å². The number of thioether (sulfide) groups is 1. The SMILES string of the molecule is CCOC(=O)/C(C#N)=C1\NC(C)=CS1. The van der Waals surface area contributed by atoms with Crippen molar-refractivity contribution in [2.45, 2.75) is 13.8 Å². The maximum absolute atomic E-state index is 11.3. The lowest BCUT2D eigenvalue weighted by Gasteiger charge is -2.03. The molecule has 0 aromatic heterocycles. The minimum Gasteiger partial charge on any atom is -0.462 e. The number of hydrogen-bond acceptors (Lipinski definition) is 5. The van der Waals surface area contributed by atoms with Gasteiger partial charge in [-0.1, -0.05) is 11.8 Å². The lowest BCUT2D eigenvalue weighted by atomic mass is 10.3. The second-order valence-corrected chi connectivity index (χ2v) is 3.46. The number of nitrogens with one attached hydrogen (secondary N) is 1. The number of carbonyl (C=O) groups is 1. The van der Waals surface area contributed by atoms with Gasteiger partial charge in [0.05, 0.1) is 6.61 Å². The highest BCUT2D eigenvalue weighted by molar-refractivity contribution is 8.06. The first kappa shape index (κ1) is 10.7. The Kier molecular flexibility index (Phi) is 3.60. The summed E-state index contributed by atoms with van der Waals surface area (Å²) in [4.78, 5) is 11.3. The van der Waals surface area contributed by atoms with E-state index in [1.807, 2.05) is 18.4 Å². The fraction of sp³-hybridized carbons (Fsp3) is 0.333. The number of nitrogens with zero attached hydrogens (tertiary/aromatic N) is 1. The molecular weight excluding hydrogens is 200 g/mol. The van der Waals surface area contributed by atoms with Crippen molar-refractivity contribution in [2.75, 3.05) is 6.61 Å². The number of carbonyl (C=O) groups excluding carboxylic acids is 1. The first-order chi connectivity index (χ1) is 6.69. The number of hydrogen-bond donors (Lipinski definition) is 1. The molecule has 0 amide bonds. The monoisotopic (exact) mass is 210 g/mol. The van der Waals surface area contributed by atoms with Gasteiger partial charge >= 0.3 is 5.97 Å². The summed E-state index contributed by atoms with van der Waals surface area (Å²) in [6.45, 7) is 3.84. The predicted molar refractivity (Wildman–Crippen MR) is 53.8 cm³/mol. The van der Waals surface area contributed by atoms with E-state index in [0.717, 1.165) is 5.70 Å². The molecule has 0 aromatic carbocycles. The molecule has 0 fully saturated rings. The molecule has 0 saturated carbocycles. The third kappa shape index (κ3) is 2.30. The van der Waals surface area contributed by atoms with Crippen LogP contribution >= 0.6 is 11.8 Å². The smallest absolute Gasteiger partial charge is 0.351 e. The largest absolute Gasteiger partial charge is 0.462 e. The summed E-state index contributed by atoms with van der Waals surface area (Å²) in [6, 6.07) is 1.84. The van der Waals surface area contributed by atoms with Crippen molar-refractivity contribution in [3.8, 4) is 6.07 Å². The molecular formula is C9H10N2O2S. The molecule has 1 heterocycles. The summed E-state index contributed by atoms with van der Waals surface area (Å²) in [5.74, 6) is -0.576. The van der Waals surface area contributed by atoms with Gasteiger partial charge in [0.2, 0.25) is 0 Å². The quantitative estimate of drug-likeness (QED) is 0.425. The molecule has 1 aliphatic heterocycles. The molecule has 1 N–H and O–H groups in total. The molecule has 0 aromatic rings. The lowest BCUT2D eigenvalue weighted by Crippen LogP contribution is -2.13. The first-order valence-corrected chi connectivity index (χ1v) is 4.99. The van der Waals surface area contributed by atoms with Gasteiger partial charge in [-0.15, -0.1) is 0 Å². The normalized spacial score (nSPS) is 17.9. The van der Waals surface area contributed by atoms with Crippen molar-refractivity contribution in [1.29, 1.82) is 5.26 Å². The van der Waals surface area contributed by atoms with Crippen molar-refractivity contribution in [1.82, 2.24) is 5.32 Å². The zero-order valence-electron chi connectivity index (χ0n) is 7.96. The van der Waals surface area contributed by atoms with Crippen LogP contribution < -0.4 is 5.32 Å². The highest BCUT2D eigenvalue weighted by Crippen LogP contribution is 2.26. The van der Waals surface area contributed by atoms with Crippen LogP contribution in [0.5, 0.6) is 0 Å². The van der Waals surface area contributed by atoms with Crippen LogP contribution in [0.2, 0.25) is 0 Å². The van der Waals surface area contributed by atoms with Gasteiger partial charge in [-0.05, 0) is 19.3 Å². The molecule has 0 radical (unpaired) electrons. The zero-order valence-corrected chi connectivity index (χ0v) is 8.77. The topological polar surface area (TPSA) is 62.1 Å². The van der Waals surface area contributed by atoms with Gasteiger partial charge in [0.25, 0.3) is 0 Å². The molecule has 0 spiro atoms. The Morgan fingerprint density at radius 3 is 2.93 bits per heavy atom. The number of rotatable bonds is 2. The van der Waals surface area contributed by atoms with Crippen molar-refractivity contribution in [2.24, 2.45) is 0 Å². The van der Waals surface area contributed by atoms with Crippen molar-refractivity contribution >= 4 is 17.7 Å². The lowest BCUT2D eigenvalue weighted by molar-refractivity contribution is -0.138. The number of ether oxygens (including phenoxy) is 1. The zero-order chi connectivity index (χ0) is 10.6. The molecule has 4 nitrogen and oxygen atoms in total. The van der Waals surface area contributed by atoms with Gasteiger partial charge in [0.1, 0.15) is 11.1 Å². The van der Waals surface area contributed by atoms with Crippen LogP contribution in [0.1, 0.15) is 13.8 Å². The molecule has 0 aliphatic carbocycles. The Balaban J connectivity index is 2.83. The van der Waals surface area contributed by atoms with E-state index in [9.17, 15) is 4.79 Å². The van der Waals surface area contributed by atoms with Crippen LogP contribution in [0.4, 0.5) is 0 Å². The predicted octanol–water partition coefficient (Wildman–Crippen LogP) is 1.48. The second-order valence-electron chi connectivity index (χ2n) is 2.58. The van der Waals surface area contributed by atoms with Crippen LogP contribution in [-0.2, 0) is 9.53 Å². The van der Waals surface area contributed by atoms with Gasteiger partial charge in [-0.3, -0.25) is 0 Å². The van der Waals surface area contributed by atoms with E-state index in [1.165, 1.54) is 11.8 Å². The van der Waals surface area contributed by atoms with E-state index in [2.05, 4.69) is 5.32 Å². The minimum absolute atomic E-state index is 0.0324. The first-order valence-electron chi connectivity index (χ1n) is 4.11. The average Bonchev–Trinajstić information content (AvgIpc) is 2.54. The van der Waals surface area contributed by atoms with Crippen LogP contribution in [0, 0.1) is 11.3 Å². The van der Waals surface area contributed by atoms with Gasteiger partial charge in [0.15, 0.2) is 5.57 Å². The van der Waals surface area contributed by atoms with Crippen molar-refractivity contribution in [3.63, 3.8) is 0 Å². The molecule has 74 valence electrons. The van der Waals surface area contributed by atoms with Gasteiger partial charge in [-0.2, -0.15) is 5.26 Å². The summed E-state index contributed by atoms with van der Waals surface area (Å²) in [5, 5.41) is 14.1. The van der Waals surface area contributed by atoms with Crippen molar-refractivity contribution < 1.29 is 9.53 Å². The summed E-state index contributed by atoms with van der Waals surface area (Å²) in [7, 11) is 0. The van der Waals surface area contributed by atoms with Crippen LogP contribution in [-0.4, -0.2) is 12.6 Å². The molecule has 1 rings (SSSR count). The maximum Gasteiger partial charge on any atom is 0.351 e. The molecule has 5 heteroatoms. The third-order valence-electron chi connectivity index (χ3n) is 1.48. The standard InChI is InChI=1S/C9H10N2O2S/c1-3-13-9(12)7(4-10)8-11-6(2)5-14-8/h5,11H,3H2,1-2H3/b8-7+. The molecule has 14 heavy (non-hydrogen) atoms. The van der Waals surface area contributed by atoms with Gasteiger partial charge < -0.3 is 10.1 Å². The minimum atomic E-state index is -0.576. The Morgan fingerprint density at radius 1 is 1.79 bits per heavy atom. The van der Waals surface area contributed by atoms with E-state index in [0.29, 0.717) is 5.03 Å². The third-order valence-corrected chi connectivity index (χ3v) is 2.50. The maximum atomic E-state index is 11.3. The Bertz CT molecular complexity index is 352. The van der Waals surface area contributed by atoms with E-state index >= 15 is 0 Å². The summed E-state index contributed by atoms with van der Waals surface area (Å²) < 4.78 is 4.75. The van der Waals surface area contributed by atoms with Crippen molar-refractivity contribution in [3.05, 3.63) is 21.7 Å². The Hall–Kier alpha value is -1.41. The van der Waals surface area contributed by atoms with Crippen LogP contribution in [0.25, 0.3) is 0 Å². The number of allylic oxidation sites excluding steroid dienone is 1. The highest BCUT2D eigenvalue weighted by atomic mass is 32.2. The fourth-order valence-corrected chi connectivity index (χ4v) is 1.72. The number of esters is 1. The summed E-state index contributed by atoms with van der Waals surface area (Å²) >= 11 is 1.32. The fourth-order valence-electron chi connectivity index (χ4n) is 0.899. The average molecular weight is 210 g/mol.